The van der Waals surface area contributed by atoms with Crippen molar-refractivity contribution in [3.8, 4) is 5.69 Å². The molecule has 1 atom stereocenters. The second-order valence-corrected chi connectivity index (χ2v) is 9.04. The van der Waals surface area contributed by atoms with Crippen LogP contribution in [0.5, 0.6) is 0 Å². The lowest BCUT2D eigenvalue weighted by Crippen LogP contribution is -2.47. The molecule has 1 N–H and O–H groups in total. The van der Waals surface area contributed by atoms with Crippen molar-refractivity contribution in [2.75, 3.05) is 13.1 Å². The van der Waals surface area contributed by atoms with E-state index in [4.69, 9.17) is 0 Å². The van der Waals surface area contributed by atoms with Crippen molar-refractivity contribution in [2.45, 2.75) is 52.0 Å². The van der Waals surface area contributed by atoms with E-state index < -0.39 is 0 Å². The molecule has 1 aromatic heterocycles. The number of aryl methyl sites for hydroxylation is 1. The lowest BCUT2D eigenvalue weighted by atomic mass is 9.93. The number of hydrogen-bond acceptors (Lipinski definition) is 2. The number of carbonyl (C=O) groups excluding carboxylic acids is 2. The van der Waals surface area contributed by atoms with Gasteiger partial charge < -0.3 is 14.8 Å². The number of benzene rings is 2. The van der Waals surface area contributed by atoms with Gasteiger partial charge in [-0.15, -0.1) is 0 Å². The van der Waals surface area contributed by atoms with Gasteiger partial charge in [0, 0.05) is 36.2 Å². The monoisotopic (exact) mass is 461 g/mol. The fourth-order valence-electron chi connectivity index (χ4n) is 4.95. The standard InChI is InChI=1S/C28H32FN3O2/c1-4-25(21-8-6-5-7-9-21)28(34)31-16-14-23(15-17-31)30-27(33)26-18-19(2)32(20(26)3)24-12-10-22(29)11-13-24/h5-13,18,23,25H,4,14-17H2,1-3H3,(H,30,33). The zero-order valence-corrected chi connectivity index (χ0v) is 20.1. The summed E-state index contributed by atoms with van der Waals surface area (Å²) >= 11 is 0. The van der Waals surface area contributed by atoms with Gasteiger partial charge in [0.2, 0.25) is 5.91 Å². The second kappa shape index (κ2) is 10.2. The van der Waals surface area contributed by atoms with Crippen molar-refractivity contribution in [2.24, 2.45) is 0 Å². The summed E-state index contributed by atoms with van der Waals surface area (Å²) in [6.07, 6.45) is 2.24. The van der Waals surface area contributed by atoms with E-state index in [1.165, 1.54) is 12.1 Å². The highest BCUT2D eigenvalue weighted by Crippen LogP contribution is 2.25. The summed E-state index contributed by atoms with van der Waals surface area (Å²) in [6.45, 7) is 7.17. The topological polar surface area (TPSA) is 54.3 Å². The minimum absolute atomic E-state index is 0.0298. The Bertz CT molecular complexity index is 1150. The highest BCUT2D eigenvalue weighted by atomic mass is 19.1. The molecule has 6 heteroatoms. The Kier molecular flexibility index (Phi) is 7.15. The van der Waals surface area contributed by atoms with E-state index in [1.54, 1.807) is 12.1 Å². The number of halogens is 1. The third kappa shape index (κ3) is 4.91. The number of amides is 2. The van der Waals surface area contributed by atoms with Crippen LogP contribution in [0.4, 0.5) is 4.39 Å². The van der Waals surface area contributed by atoms with Gasteiger partial charge in [-0.1, -0.05) is 37.3 Å². The first-order chi connectivity index (χ1) is 16.4. The van der Waals surface area contributed by atoms with Crippen LogP contribution in [0.15, 0.2) is 60.7 Å². The van der Waals surface area contributed by atoms with Gasteiger partial charge in [-0.2, -0.15) is 0 Å². The maximum absolute atomic E-state index is 13.3. The molecule has 3 aromatic rings. The van der Waals surface area contributed by atoms with E-state index in [0.717, 1.165) is 41.9 Å². The zero-order chi connectivity index (χ0) is 24.2. The summed E-state index contributed by atoms with van der Waals surface area (Å²) in [7, 11) is 0. The number of carbonyl (C=O) groups is 2. The molecule has 1 aliphatic rings. The molecular formula is C28H32FN3O2. The number of piperidine rings is 1. The number of aromatic nitrogens is 1. The molecule has 178 valence electrons. The van der Waals surface area contributed by atoms with Crippen molar-refractivity contribution in [3.63, 3.8) is 0 Å². The van der Waals surface area contributed by atoms with Crippen molar-refractivity contribution in [1.82, 2.24) is 14.8 Å². The third-order valence-corrected chi connectivity index (χ3v) is 6.81. The molecule has 34 heavy (non-hydrogen) atoms. The van der Waals surface area contributed by atoms with Crippen molar-refractivity contribution in [1.29, 1.82) is 0 Å². The Morgan fingerprint density at radius 2 is 1.68 bits per heavy atom. The summed E-state index contributed by atoms with van der Waals surface area (Å²) in [5.41, 5.74) is 4.24. The number of likely N-dealkylation sites (tertiary alicyclic amines) is 1. The average molecular weight is 462 g/mol. The van der Waals surface area contributed by atoms with Gasteiger partial charge in [0.25, 0.3) is 5.91 Å². The fraction of sp³-hybridized carbons (Fsp3) is 0.357. The molecule has 1 fully saturated rings. The Labute approximate surface area is 200 Å². The van der Waals surface area contributed by atoms with Crippen molar-refractivity contribution >= 4 is 11.8 Å². The van der Waals surface area contributed by atoms with E-state index in [9.17, 15) is 14.0 Å². The van der Waals surface area contributed by atoms with Crippen LogP contribution >= 0.6 is 0 Å². The summed E-state index contributed by atoms with van der Waals surface area (Å²) in [6, 6.07) is 18.1. The zero-order valence-electron chi connectivity index (χ0n) is 20.1. The molecule has 0 radical (unpaired) electrons. The van der Waals surface area contributed by atoms with Gasteiger partial charge in [0.05, 0.1) is 11.5 Å². The molecule has 0 saturated carbocycles. The predicted octanol–water partition coefficient (Wildman–Crippen LogP) is 5.15. The molecule has 5 nitrogen and oxygen atoms in total. The Morgan fingerprint density at radius 3 is 2.29 bits per heavy atom. The third-order valence-electron chi connectivity index (χ3n) is 6.81. The molecule has 4 rings (SSSR count). The molecular weight excluding hydrogens is 429 g/mol. The smallest absolute Gasteiger partial charge is 0.253 e. The average Bonchev–Trinajstić information content (AvgIpc) is 3.15. The van der Waals surface area contributed by atoms with E-state index in [2.05, 4.69) is 5.32 Å². The SMILES string of the molecule is CCC(C(=O)N1CCC(NC(=O)c2cc(C)n(-c3ccc(F)cc3)c2C)CC1)c1ccccc1. The van der Waals surface area contributed by atoms with Gasteiger partial charge in [0.15, 0.2) is 0 Å². The van der Waals surface area contributed by atoms with E-state index in [-0.39, 0.29) is 29.6 Å². The highest BCUT2D eigenvalue weighted by molar-refractivity contribution is 5.96. The Hall–Kier alpha value is -3.41. The number of nitrogens with one attached hydrogen (secondary N) is 1. The largest absolute Gasteiger partial charge is 0.349 e. The van der Waals surface area contributed by atoms with Crippen LogP contribution in [-0.2, 0) is 4.79 Å². The summed E-state index contributed by atoms with van der Waals surface area (Å²) < 4.78 is 15.3. The molecule has 0 aliphatic carbocycles. The molecule has 1 saturated heterocycles. The molecule has 2 aromatic carbocycles. The fourth-order valence-corrected chi connectivity index (χ4v) is 4.95. The number of rotatable bonds is 6. The van der Waals surface area contributed by atoms with Crippen LogP contribution in [0.1, 0.15) is 59.4 Å². The van der Waals surface area contributed by atoms with Gasteiger partial charge in [-0.05, 0) is 69.0 Å². The minimum Gasteiger partial charge on any atom is -0.349 e. The van der Waals surface area contributed by atoms with Gasteiger partial charge >= 0.3 is 0 Å². The van der Waals surface area contributed by atoms with Gasteiger partial charge in [-0.25, -0.2) is 4.39 Å². The van der Waals surface area contributed by atoms with Crippen molar-refractivity contribution in [3.05, 3.63) is 89.0 Å². The van der Waals surface area contributed by atoms with Crippen LogP contribution in [0.3, 0.4) is 0 Å². The lowest BCUT2D eigenvalue weighted by molar-refractivity contribution is -0.134. The van der Waals surface area contributed by atoms with E-state index in [0.29, 0.717) is 18.7 Å². The van der Waals surface area contributed by atoms with Crippen molar-refractivity contribution < 1.29 is 14.0 Å². The van der Waals surface area contributed by atoms with Crippen LogP contribution in [0, 0.1) is 19.7 Å². The second-order valence-electron chi connectivity index (χ2n) is 9.04. The minimum atomic E-state index is -0.289. The first kappa shape index (κ1) is 23.7. The Morgan fingerprint density at radius 1 is 1.03 bits per heavy atom. The Balaban J connectivity index is 1.38. The van der Waals surface area contributed by atoms with Crippen LogP contribution in [0.25, 0.3) is 5.69 Å². The molecule has 1 unspecified atom stereocenters. The molecule has 1 aliphatic heterocycles. The van der Waals surface area contributed by atoms with Crippen LogP contribution < -0.4 is 5.32 Å². The summed E-state index contributed by atoms with van der Waals surface area (Å²) in [5.74, 6) is -0.351. The summed E-state index contributed by atoms with van der Waals surface area (Å²) in [4.78, 5) is 28.1. The normalized spacial score (nSPS) is 15.2. The molecule has 2 heterocycles. The van der Waals surface area contributed by atoms with Gasteiger partial charge in [-0.3, -0.25) is 9.59 Å². The number of hydrogen-bond donors (Lipinski definition) is 1. The lowest BCUT2D eigenvalue weighted by Gasteiger charge is -2.34. The molecule has 0 bridgehead atoms. The van der Waals surface area contributed by atoms with E-state index >= 15 is 0 Å². The maximum Gasteiger partial charge on any atom is 0.253 e. The number of nitrogens with zero attached hydrogens (tertiary/aromatic N) is 2. The highest BCUT2D eigenvalue weighted by Gasteiger charge is 2.29. The van der Waals surface area contributed by atoms with Crippen LogP contribution in [-0.4, -0.2) is 40.4 Å². The maximum atomic E-state index is 13.3. The summed E-state index contributed by atoms with van der Waals surface area (Å²) in [5, 5.41) is 3.16. The predicted molar refractivity (Wildman–Crippen MR) is 132 cm³/mol. The van der Waals surface area contributed by atoms with Gasteiger partial charge in [0.1, 0.15) is 5.82 Å². The molecule has 0 spiro atoms. The first-order valence-corrected chi connectivity index (χ1v) is 12.0. The molecule has 2 amide bonds. The van der Waals surface area contributed by atoms with E-state index in [1.807, 2.05) is 66.6 Å². The first-order valence-electron chi connectivity index (χ1n) is 12.0. The quantitative estimate of drug-likeness (QED) is 0.552. The van der Waals surface area contributed by atoms with Crippen LogP contribution in [0.2, 0.25) is 0 Å².